The van der Waals surface area contributed by atoms with E-state index in [0.29, 0.717) is 11.1 Å². The minimum atomic E-state index is -5.08. The second-order valence-corrected chi connectivity index (χ2v) is 10.7. The summed E-state index contributed by atoms with van der Waals surface area (Å²) in [5, 5.41) is 24.0. The number of aliphatic hydroxyl groups excluding tert-OH is 1. The number of nitrogens with zero attached hydrogens (tertiary/aromatic N) is 2. The van der Waals surface area contributed by atoms with Gasteiger partial charge in [-0.2, -0.15) is 13.2 Å². The lowest BCUT2D eigenvalue weighted by Crippen LogP contribution is -2.33. The molecule has 0 radical (unpaired) electrons. The number of hydrogen-bond donors (Lipinski definition) is 4. The normalized spacial score (nSPS) is 17.3. The van der Waals surface area contributed by atoms with Crippen molar-refractivity contribution in [1.29, 1.82) is 0 Å². The zero-order chi connectivity index (χ0) is 29.9. The topological polar surface area (TPSA) is 128 Å². The third-order valence-electron chi connectivity index (χ3n) is 8.28. The van der Waals surface area contributed by atoms with Gasteiger partial charge >= 0.3 is 12.1 Å². The van der Waals surface area contributed by atoms with Crippen LogP contribution in [0.15, 0.2) is 42.6 Å². The molecular formula is C30H27F3N4O5. The number of hydrogen-bond acceptors (Lipinski definition) is 5. The number of carboxylic acids is 1. The van der Waals surface area contributed by atoms with Crippen LogP contribution in [0.3, 0.4) is 0 Å². The zero-order valence-electron chi connectivity index (χ0n) is 22.5. The van der Waals surface area contributed by atoms with E-state index in [9.17, 15) is 27.9 Å². The summed E-state index contributed by atoms with van der Waals surface area (Å²) in [7, 11) is 1.97. The Balaban J connectivity index is 0.000000405. The Morgan fingerprint density at radius 3 is 2.40 bits per heavy atom. The van der Waals surface area contributed by atoms with Gasteiger partial charge in [-0.15, -0.1) is 0 Å². The minimum absolute atomic E-state index is 0.200. The predicted molar refractivity (Wildman–Crippen MR) is 151 cm³/mol. The van der Waals surface area contributed by atoms with Crippen molar-refractivity contribution in [3.8, 4) is 0 Å². The number of aryl methyl sites for hydroxylation is 1. The number of carbonyl (C=O) groups is 3. The number of aliphatic carboxylic acids is 1. The van der Waals surface area contributed by atoms with Crippen LogP contribution in [-0.4, -0.2) is 74.4 Å². The molecule has 0 spiro atoms. The van der Waals surface area contributed by atoms with Crippen molar-refractivity contribution in [3.63, 3.8) is 0 Å². The van der Waals surface area contributed by atoms with E-state index in [2.05, 4.69) is 33.4 Å². The molecule has 0 aliphatic carbocycles. The van der Waals surface area contributed by atoms with Gasteiger partial charge in [0.25, 0.3) is 11.8 Å². The predicted octanol–water partition coefficient (Wildman–Crippen LogP) is 4.48. The summed E-state index contributed by atoms with van der Waals surface area (Å²) in [6, 6.07) is 12.6. The van der Waals surface area contributed by atoms with Gasteiger partial charge in [-0.05, 0) is 37.4 Å². The molecule has 0 bridgehead atoms. The zero-order valence-corrected chi connectivity index (χ0v) is 22.5. The number of carboxylic acid groups (broad SMARTS) is 1. The number of H-pyrrole nitrogens is 1. The molecular weight excluding hydrogens is 553 g/mol. The molecule has 9 nitrogen and oxygen atoms in total. The number of amides is 2. The number of halogens is 3. The van der Waals surface area contributed by atoms with Crippen LogP contribution in [0.1, 0.15) is 39.1 Å². The van der Waals surface area contributed by atoms with Gasteiger partial charge in [0, 0.05) is 58.3 Å². The molecule has 0 unspecified atom stereocenters. The standard InChI is InChI=1S/C28H26N4O3.C2HF3O2/c1-31-12-9-16-7-8-19-21(26(16)31)23-22(27(34)30-28(23)35)20-18-6-2-4-15(24(18)29-25(19)20)10-13-32-11-3-5-17(32)14-33;3-2(4,5)1(6)7/h2,4,6-9,12,17,29,33H,3,5,10-11,13-14H2,1H3,(H,30,34,35);(H,6,7)/t17-;/m0./s1. The molecule has 2 aromatic heterocycles. The van der Waals surface area contributed by atoms with Gasteiger partial charge in [0.2, 0.25) is 0 Å². The van der Waals surface area contributed by atoms with E-state index in [4.69, 9.17) is 9.90 Å². The monoisotopic (exact) mass is 580 g/mol. The van der Waals surface area contributed by atoms with E-state index in [-0.39, 0.29) is 24.5 Å². The van der Waals surface area contributed by atoms with Crippen LogP contribution in [0.25, 0.3) is 43.5 Å². The van der Waals surface area contributed by atoms with E-state index >= 15 is 0 Å². The summed E-state index contributed by atoms with van der Waals surface area (Å²) in [5.41, 5.74) is 4.97. The van der Waals surface area contributed by atoms with E-state index in [1.807, 2.05) is 36.0 Å². The minimum Gasteiger partial charge on any atom is -0.475 e. The number of alkyl halides is 3. The maximum absolute atomic E-state index is 13.1. The lowest BCUT2D eigenvalue weighted by molar-refractivity contribution is -0.192. The average molecular weight is 581 g/mol. The number of nitrogens with one attached hydrogen (secondary N) is 2. The van der Waals surface area contributed by atoms with Gasteiger partial charge in [0.05, 0.1) is 28.8 Å². The molecule has 218 valence electrons. The van der Waals surface area contributed by atoms with Crippen LogP contribution in [0, 0.1) is 0 Å². The molecule has 5 aromatic rings. The Morgan fingerprint density at radius 2 is 1.71 bits per heavy atom. The average Bonchev–Trinajstić information content (AvgIpc) is 3.72. The fourth-order valence-corrected chi connectivity index (χ4v) is 6.39. The lowest BCUT2D eigenvalue weighted by atomic mass is 9.93. The fourth-order valence-electron chi connectivity index (χ4n) is 6.39. The Labute approximate surface area is 236 Å². The lowest BCUT2D eigenvalue weighted by Gasteiger charge is -2.22. The molecule has 0 saturated carbocycles. The maximum atomic E-state index is 13.1. The van der Waals surface area contributed by atoms with Crippen LogP contribution in [0.2, 0.25) is 0 Å². The first kappa shape index (κ1) is 27.7. The summed E-state index contributed by atoms with van der Waals surface area (Å²) < 4.78 is 33.8. The third-order valence-corrected chi connectivity index (χ3v) is 8.28. The number of likely N-dealkylation sites (tertiary alicyclic amines) is 1. The number of aromatic nitrogens is 2. The van der Waals surface area contributed by atoms with E-state index in [0.717, 1.165) is 75.8 Å². The van der Waals surface area contributed by atoms with Crippen LogP contribution < -0.4 is 5.32 Å². The van der Waals surface area contributed by atoms with E-state index in [1.165, 1.54) is 5.56 Å². The summed E-state index contributed by atoms with van der Waals surface area (Å²) >= 11 is 0. The SMILES string of the molecule is Cn1ccc2ccc3c4[nH]c5c(CCN6CCC[C@H]6CO)cccc5c4c4c(c3c21)C(=O)NC4=O.O=C(O)C(F)(F)F. The van der Waals surface area contributed by atoms with Gasteiger partial charge in [-0.1, -0.05) is 30.3 Å². The molecule has 1 fully saturated rings. The Hall–Kier alpha value is -4.42. The number of aromatic amines is 1. The van der Waals surface area contributed by atoms with Crippen molar-refractivity contribution in [2.45, 2.75) is 31.5 Å². The number of carbonyl (C=O) groups excluding carboxylic acids is 2. The van der Waals surface area contributed by atoms with Crippen LogP contribution in [0.4, 0.5) is 13.2 Å². The quantitative estimate of drug-likeness (QED) is 0.232. The molecule has 1 atom stereocenters. The smallest absolute Gasteiger partial charge is 0.475 e. The summed E-state index contributed by atoms with van der Waals surface area (Å²) in [6.07, 6.45) is -0.0939. The summed E-state index contributed by atoms with van der Waals surface area (Å²) in [6.45, 7) is 2.09. The molecule has 42 heavy (non-hydrogen) atoms. The summed E-state index contributed by atoms with van der Waals surface area (Å²) in [4.78, 5) is 41.1. The first-order chi connectivity index (χ1) is 20.0. The van der Waals surface area contributed by atoms with E-state index < -0.39 is 12.1 Å². The Bertz CT molecular complexity index is 1920. The summed E-state index contributed by atoms with van der Waals surface area (Å²) in [5.74, 6) is -3.43. The van der Waals surface area contributed by atoms with Crippen molar-refractivity contribution in [3.05, 3.63) is 59.3 Å². The van der Waals surface area contributed by atoms with Gasteiger partial charge in [0.1, 0.15) is 0 Å². The van der Waals surface area contributed by atoms with E-state index in [1.54, 1.807) is 0 Å². The highest BCUT2D eigenvalue weighted by Crippen LogP contribution is 2.42. The fraction of sp³-hybridized carbons (Fsp3) is 0.300. The first-order valence-corrected chi connectivity index (χ1v) is 13.5. The van der Waals surface area contributed by atoms with Crippen LogP contribution >= 0.6 is 0 Å². The number of imide groups is 1. The molecule has 1 saturated heterocycles. The number of fused-ring (bicyclic) bond motifs is 10. The molecule has 7 rings (SSSR count). The largest absolute Gasteiger partial charge is 0.490 e. The van der Waals surface area contributed by atoms with Gasteiger partial charge in [0.15, 0.2) is 0 Å². The first-order valence-electron chi connectivity index (χ1n) is 13.5. The maximum Gasteiger partial charge on any atom is 0.490 e. The molecule has 2 aliphatic heterocycles. The van der Waals surface area contributed by atoms with Crippen LogP contribution in [0.5, 0.6) is 0 Å². The molecule has 12 heteroatoms. The van der Waals surface area contributed by atoms with Gasteiger partial charge < -0.3 is 19.8 Å². The highest BCUT2D eigenvalue weighted by molar-refractivity contribution is 6.39. The van der Waals surface area contributed by atoms with Gasteiger partial charge in [-0.3, -0.25) is 19.8 Å². The Morgan fingerprint density at radius 1 is 1.02 bits per heavy atom. The highest BCUT2D eigenvalue weighted by Gasteiger charge is 2.38. The number of para-hydroxylation sites is 1. The van der Waals surface area contributed by atoms with Crippen molar-refractivity contribution in [2.24, 2.45) is 7.05 Å². The molecule has 4 N–H and O–H groups in total. The molecule has 3 aromatic carbocycles. The molecule has 2 aliphatic rings. The molecule has 2 amide bonds. The number of benzene rings is 3. The molecule has 4 heterocycles. The van der Waals surface area contributed by atoms with Crippen molar-refractivity contribution in [2.75, 3.05) is 19.7 Å². The highest BCUT2D eigenvalue weighted by atomic mass is 19.4. The Kier molecular flexibility index (Phi) is 6.70. The third kappa shape index (κ3) is 4.38. The second-order valence-electron chi connectivity index (χ2n) is 10.7. The second kappa shape index (κ2) is 10.1. The number of rotatable bonds is 4. The van der Waals surface area contributed by atoms with Crippen LogP contribution in [-0.2, 0) is 18.3 Å². The van der Waals surface area contributed by atoms with Crippen molar-refractivity contribution >= 4 is 61.3 Å². The number of aliphatic hydroxyl groups is 1. The van der Waals surface area contributed by atoms with Crippen molar-refractivity contribution < 1.29 is 37.8 Å². The van der Waals surface area contributed by atoms with Crippen molar-refractivity contribution in [1.82, 2.24) is 19.8 Å². The van der Waals surface area contributed by atoms with Gasteiger partial charge in [-0.25, -0.2) is 4.79 Å².